The van der Waals surface area contributed by atoms with E-state index in [9.17, 15) is 5.11 Å². The molecule has 0 radical (unpaired) electrons. The molecular weight excluding hydrogens is 322 g/mol. The molecule has 2 atom stereocenters. The average molecular weight is 345 g/mol. The first-order valence-electron chi connectivity index (χ1n) is 8.19. The molecule has 1 saturated heterocycles. The molecule has 0 unspecified atom stereocenters. The molecule has 25 heavy (non-hydrogen) atoms. The van der Waals surface area contributed by atoms with Crippen molar-refractivity contribution in [2.24, 2.45) is 0 Å². The molecule has 0 saturated carbocycles. The minimum atomic E-state index is -0.309. The van der Waals surface area contributed by atoms with Gasteiger partial charge in [0, 0.05) is 31.0 Å². The van der Waals surface area contributed by atoms with Gasteiger partial charge in [-0.15, -0.1) is 0 Å². The van der Waals surface area contributed by atoms with Gasteiger partial charge in [0.2, 0.25) is 0 Å². The first-order chi connectivity index (χ1) is 12.3. The summed E-state index contributed by atoms with van der Waals surface area (Å²) in [5.41, 5.74) is 2.03. The van der Waals surface area contributed by atoms with E-state index in [4.69, 9.17) is 14.2 Å². The van der Waals surface area contributed by atoms with E-state index < -0.39 is 0 Å². The maximum Gasteiger partial charge on any atom is 0.161 e. The number of hydrogen-bond acceptors (Lipinski definition) is 7. The second-order valence-electron chi connectivity index (χ2n) is 5.87. The third kappa shape index (κ3) is 3.89. The van der Waals surface area contributed by atoms with Crippen LogP contribution in [0.15, 0.2) is 36.9 Å². The zero-order valence-electron chi connectivity index (χ0n) is 14.5. The lowest BCUT2D eigenvalue weighted by Gasteiger charge is -2.41. The van der Waals surface area contributed by atoms with E-state index in [2.05, 4.69) is 14.9 Å². The molecular formula is C18H23N3O4. The molecule has 3 rings (SSSR count). The van der Waals surface area contributed by atoms with Crippen molar-refractivity contribution in [1.82, 2.24) is 14.9 Å². The lowest BCUT2D eigenvalue weighted by atomic mass is 9.97. The van der Waals surface area contributed by atoms with Crippen LogP contribution in [0, 0.1) is 0 Å². The van der Waals surface area contributed by atoms with E-state index in [1.54, 1.807) is 14.2 Å². The molecule has 0 aliphatic carbocycles. The van der Waals surface area contributed by atoms with E-state index in [-0.39, 0.29) is 18.8 Å². The lowest BCUT2D eigenvalue weighted by molar-refractivity contribution is -0.0961. The van der Waals surface area contributed by atoms with E-state index in [1.165, 1.54) is 6.33 Å². The van der Waals surface area contributed by atoms with Crippen molar-refractivity contribution in [2.45, 2.75) is 18.7 Å². The fourth-order valence-electron chi connectivity index (χ4n) is 3.23. The predicted octanol–water partition coefficient (Wildman–Crippen LogP) is 1.43. The monoisotopic (exact) mass is 345 g/mol. The standard InChI is InChI=1S/C18H23N3O4/c1-23-15-4-3-14(7-16(15)24-2)18-17(11-22)25-6-5-21(18)10-13-8-19-12-20-9-13/h3-4,7-9,12,17-18,22H,5-6,10-11H2,1-2H3/t17-,18-/m0/s1. The topological polar surface area (TPSA) is 76.9 Å². The lowest BCUT2D eigenvalue weighted by Crippen LogP contribution is -2.46. The van der Waals surface area contributed by atoms with Crippen LogP contribution in [0.3, 0.4) is 0 Å². The summed E-state index contributed by atoms with van der Waals surface area (Å²) >= 11 is 0. The minimum absolute atomic E-state index is 0.0548. The minimum Gasteiger partial charge on any atom is -0.493 e. The first kappa shape index (κ1) is 17.6. The fourth-order valence-corrected chi connectivity index (χ4v) is 3.23. The van der Waals surface area contributed by atoms with Crippen molar-refractivity contribution < 1.29 is 19.3 Å². The smallest absolute Gasteiger partial charge is 0.161 e. The quantitative estimate of drug-likeness (QED) is 0.848. The number of morpholine rings is 1. The summed E-state index contributed by atoms with van der Waals surface area (Å²) in [5, 5.41) is 9.80. The maximum atomic E-state index is 9.80. The van der Waals surface area contributed by atoms with Crippen molar-refractivity contribution in [2.75, 3.05) is 34.0 Å². The SMILES string of the molecule is COc1ccc([C@H]2[C@H](CO)OCCN2Cc2cncnc2)cc1OC. The van der Waals surface area contributed by atoms with Crippen molar-refractivity contribution in [3.05, 3.63) is 48.0 Å². The number of methoxy groups -OCH3 is 2. The average Bonchev–Trinajstić information content (AvgIpc) is 2.68. The van der Waals surface area contributed by atoms with Crippen LogP contribution in [-0.4, -0.2) is 60.1 Å². The number of benzene rings is 1. The van der Waals surface area contributed by atoms with Gasteiger partial charge in [-0.3, -0.25) is 4.90 Å². The molecule has 0 bridgehead atoms. The van der Waals surface area contributed by atoms with Crippen LogP contribution in [0.2, 0.25) is 0 Å². The normalized spacial score (nSPS) is 21.1. The van der Waals surface area contributed by atoms with Gasteiger partial charge in [0.25, 0.3) is 0 Å². The van der Waals surface area contributed by atoms with E-state index >= 15 is 0 Å². The molecule has 1 fully saturated rings. The van der Waals surface area contributed by atoms with Gasteiger partial charge >= 0.3 is 0 Å². The maximum absolute atomic E-state index is 9.80. The molecule has 7 heteroatoms. The molecule has 1 aliphatic rings. The van der Waals surface area contributed by atoms with E-state index in [0.717, 1.165) is 17.7 Å². The molecule has 0 amide bonds. The molecule has 1 aromatic carbocycles. The Balaban J connectivity index is 1.92. The Hall–Kier alpha value is -2.22. The molecule has 1 aromatic heterocycles. The van der Waals surface area contributed by atoms with Crippen LogP contribution >= 0.6 is 0 Å². The first-order valence-corrected chi connectivity index (χ1v) is 8.19. The number of nitrogens with zero attached hydrogens (tertiary/aromatic N) is 3. The zero-order valence-corrected chi connectivity index (χ0v) is 14.5. The largest absolute Gasteiger partial charge is 0.493 e. The summed E-state index contributed by atoms with van der Waals surface area (Å²) in [6, 6.07) is 5.70. The molecule has 1 aliphatic heterocycles. The van der Waals surface area contributed by atoms with Crippen molar-refractivity contribution in [3.8, 4) is 11.5 Å². The second kappa shape index (κ2) is 8.24. The highest BCUT2D eigenvalue weighted by molar-refractivity contribution is 5.44. The van der Waals surface area contributed by atoms with Gasteiger partial charge in [0.1, 0.15) is 12.4 Å². The van der Waals surface area contributed by atoms with Gasteiger partial charge in [0.15, 0.2) is 11.5 Å². The molecule has 1 N–H and O–H groups in total. The van der Waals surface area contributed by atoms with Crippen LogP contribution in [-0.2, 0) is 11.3 Å². The molecule has 2 aromatic rings. The predicted molar refractivity (Wildman–Crippen MR) is 91.6 cm³/mol. The highest BCUT2D eigenvalue weighted by Gasteiger charge is 2.33. The number of hydrogen-bond donors (Lipinski definition) is 1. The molecule has 134 valence electrons. The highest BCUT2D eigenvalue weighted by atomic mass is 16.5. The highest BCUT2D eigenvalue weighted by Crippen LogP contribution is 2.36. The summed E-state index contributed by atoms with van der Waals surface area (Å²) < 4.78 is 16.5. The Morgan fingerprint density at radius 1 is 1.20 bits per heavy atom. The van der Waals surface area contributed by atoms with Crippen LogP contribution < -0.4 is 9.47 Å². The number of rotatable bonds is 6. The fraction of sp³-hybridized carbons (Fsp3) is 0.444. The van der Waals surface area contributed by atoms with Crippen molar-refractivity contribution in [3.63, 3.8) is 0 Å². The summed E-state index contributed by atoms with van der Waals surface area (Å²) in [7, 11) is 3.22. The third-order valence-electron chi connectivity index (χ3n) is 4.38. The Labute approximate surface area is 147 Å². The third-order valence-corrected chi connectivity index (χ3v) is 4.38. The number of aromatic nitrogens is 2. The van der Waals surface area contributed by atoms with E-state index in [1.807, 2.05) is 30.6 Å². The van der Waals surface area contributed by atoms with Crippen LogP contribution in [0.1, 0.15) is 17.2 Å². The van der Waals surface area contributed by atoms with Gasteiger partial charge in [-0.25, -0.2) is 9.97 Å². The number of aliphatic hydroxyl groups is 1. The number of aliphatic hydroxyl groups excluding tert-OH is 1. The molecule has 7 nitrogen and oxygen atoms in total. The Kier molecular flexibility index (Phi) is 5.80. The zero-order chi connectivity index (χ0) is 17.6. The summed E-state index contributed by atoms with van der Waals surface area (Å²) in [6.45, 7) is 1.95. The van der Waals surface area contributed by atoms with Gasteiger partial charge in [-0.1, -0.05) is 6.07 Å². The van der Waals surface area contributed by atoms with Gasteiger partial charge < -0.3 is 19.3 Å². The molecule has 2 heterocycles. The number of ether oxygens (including phenoxy) is 3. The summed E-state index contributed by atoms with van der Waals surface area (Å²) in [4.78, 5) is 10.4. The summed E-state index contributed by atoms with van der Waals surface area (Å²) in [5.74, 6) is 1.33. The van der Waals surface area contributed by atoms with E-state index in [0.29, 0.717) is 24.7 Å². The van der Waals surface area contributed by atoms with Gasteiger partial charge in [-0.05, 0) is 17.7 Å². The van der Waals surface area contributed by atoms with Crippen LogP contribution in [0.4, 0.5) is 0 Å². The van der Waals surface area contributed by atoms with Crippen molar-refractivity contribution in [1.29, 1.82) is 0 Å². The second-order valence-corrected chi connectivity index (χ2v) is 5.87. The van der Waals surface area contributed by atoms with Gasteiger partial charge in [-0.2, -0.15) is 0 Å². The van der Waals surface area contributed by atoms with Crippen molar-refractivity contribution >= 4 is 0 Å². The Bertz CT molecular complexity index is 683. The molecule has 0 spiro atoms. The Morgan fingerprint density at radius 2 is 1.96 bits per heavy atom. The summed E-state index contributed by atoms with van der Waals surface area (Å²) in [6.07, 6.45) is 4.83. The van der Waals surface area contributed by atoms with Crippen LogP contribution in [0.25, 0.3) is 0 Å². The van der Waals surface area contributed by atoms with Gasteiger partial charge in [0.05, 0.1) is 33.5 Å². The Morgan fingerprint density at radius 3 is 2.64 bits per heavy atom. The van der Waals surface area contributed by atoms with Crippen LogP contribution in [0.5, 0.6) is 11.5 Å².